The van der Waals surface area contributed by atoms with Crippen LogP contribution in [0.3, 0.4) is 0 Å². The molecule has 1 aromatic carbocycles. The van der Waals surface area contributed by atoms with Gasteiger partial charge in [-0.25, -0.2) is 24.1 Å². The Hall–Kier alpha value is -2.19. The summed E-state index contributed by atoms with van der Waals surface area (Å²) in [5.41, 5.74) is 0.837. The first-order chi connectivity index (χ1) is 11.5. The van der Waals surface area contributed by atoms with E-state index in [0.717, 1.165) is 11.3 Å². The zero-order chi connectivity index (χ0) is 17.1. The van der Waals surface area contributed by atoms with Crippen LogP contribution in [0.1, 0.15) is 20.9 Å². The molecule has 2 heterocycles. The first-order valence-corrected chi connectivity index (χ1v) is 8.51. The molecule has 2 aromatic heterocycles. The van der Waals surface area contributed by atoms with Crippen LogP contribution in [0.5, 0.6) is 0 Å². The van der Waals surface area contributed by atoms with Crippen LogP contribution in [0.15, 0.2) is 41.1 Å². The van der Waals surface area contributed by atoms with Gasteiger partial charge in [-0.1, -0.05) is 22.0 Å². The minimum absolute atomic E-state index is 0.146. The summed E-state index contributed by atoms with van der Waals surface area (Å²) >= 11 is 4.33. The maximum atomic E-state index is 13.8. The SMILES string of the molecule is Cc1nc(-c2ncccn2)sc1C(=O)OCc1ccc(Br)cc1F. The number of aryl methyl sites for hydroxylation is 1. The van der Waals surface area contributed by atoms with E-state index in [-0.39, 0.29) is 6.61 Å². The maximum absolute atomic E-state index is 13.8. The Labute approximate surface area is 149 Å². The van der Waals surface area contributed by atoms with Crippen LogP contribution in [0.4, 0.5) is 4.39 Å². The van der Waals surface area contributed by atoms with Crippen molar-refractivity contribution in [1.29, 1.82) is 0 Å². The summed E-state index contributed by atoms with van der Waals surface area (Å²) in [5, 5.41) is 0.537. The topological polar surface area (TPSA) is 65.0 Å². The van der Waals surface area contributed by atoms with Gasteiger partial charge in [-0.15, -0.1) is 11.3 Å². The summed E-state index contributed by atoms with van der Waals surface area (Å²) in [5.74, 6) is -0.533. The fraction of sp³-hybridized carbons (Fsp3) is 0.125. The molecule has 8 heteroatoms. The summed E-state index contributed by atoms with van der Waals surface area (Å²) in [6.07, 6.45) is 3.21. The van der Waals surface area contributed by atoms with E-state index < -0.39 is 11.8 Å². The molecule has 0 radical (unpaired) electrons. The Balaban J connectivity index is 1.75. The highest BCUT2D eigenvalue weighted by molar-refractivity contribution is 9.10. The van der Waals surface area contributed by atoms with E-state index in [1.165, 1.54) is 6.07 Å². The molecule has 0 aliphatic heterocycles. The zero-order valence-electron chi connectivity index (χ0n) is 12.5. The van der Waals surface area contributed by atoms with E-state index in [1.54, 1.807) is 37.5 Å². The van der Waals surface area contributed by atoms with Crippen molar-refractivity contribution >= 4 is 33.2 Å². The van der Waals surface area contributed by atoms with Gasteiger partial charge in [0.15, 0.2) is 10.8 Å². The van der Waals surface area contributed by atoms with Crippen LogP contribution < -0.4 is 0 Å². The minimum Gasteiger partial charge on any atom is -0.456 e. The molecule has 0 amide bonds. The number of nitrogens with zero attached hydrogens (tertiary/aromatic N) is 3. The Morgan fingerprint density at radius 2 is 2.08 bits per heavy atom. The molecule has 24 heavy (non-hydrogen) atoms. The molecule has 5 nitrogen and oxygen atoms in total. The Morgan fingerprint density at radius 1 is 1.33 bits per heavy atom. The first kappa shape index (κ1) is 16.7. The van der Waals surface area contributed by atoms with E-state index in [2.05, 4.69) is 30.9 Å². The Bertz CT molecular complexity index is 886. The van der Waals surface area contributed by atoms with Crippen molar-refractivity contribution in [3.05, 3.63) is 63.1 Å². The number of carbonyl (C=O) groups excluding carboxylic acids is 1. The number of esters is 1. The second kappa shape index (κ2) is 7.14. The van der Waals surface area contributed by atoms with Crippen molar-refractivity contribution in [2.75, 3.05) is 0 Å². The van der Waals surface area contributed by atoms with Crippen LogP contribution in [-0.4, -0.2) is 20.9 Å². The van der Waals surface area contributed by atoms with Gasteiger partial charge in [-0.2, -0.15) is 0 Å². The van der Waals surface area contributed by atoms with Gasteiger partial charge in [0.1, 0.15) is 17.3 Å². The van der Waals surface area contributed by atoms with Crippen molar-refractivity contribution in [1.82, 2.24) is 15.0 Å². The van der Waals surface area contributed by atoms with Crippen LogP contribution >= 0.6 is 27.3 Å². The average molecular weight is 408 g/mol. The third kappa shape index (κ3) is 3.65. The van der Waals surface area contributed by atoms with Gasteiger partial charge in [-0.05, 0) is 25.1 Å². The molecular formula is C16H11BrFN3O2S. The molecule has 0 aliphatic carbocycles. The number of hydrogen-bond donors (Lipinski definition) is 0. The minimum atomic E-state index is -0.547. The quantitative estimate of drug-likeness (QED) is 0.607. The highest BCUT2D eigenvalue weighted by atomic mass is 79.9. The summed E-state index contributed by atoms with van der Waals surface area (Å²) in [7, 11) is 0. The van der Waals surface area contributed by atoms with Gasteiger partial charge in [0, 0.05) is 22.4 Å². The second-order valence-corrected chi connectivity index (χ2v) is 6.73. The monoisotopic (exact) mass is 407 g/mol. The lowest BCUT2D eigenvalue weighted by molar-refractivity contribution is 0.0473. The van der Waals surface area contributed by atoms with Gasteiger partial charge in [-0.3, -0.25) is 0 Å². The summed E-state index contributed by atoms with van der Waals surface area (Å²) < 4.78 is 19.6. The van der Waals surface area contributed by atoms with Crippen molar-refractivity contribution < 1.29 is 13.9 Å². The van der Waals surface area contributed by atoms with Crippen molar-refractivity contribution in [3.63, 3.8) is 0 Å². The highest BCUT2D eigenvalue weighted by Gasteiger charge is 2.19. The molecule has 0 atom stereocenters. The molecule has 0 saturated heterocycles. The molecule has 0 unspecified atom stereocenters. The molecule has 0 saturated carbocycles. The lowest BCUT2D eigenvalue weighted by atomic mass is 10.2. The third-order valence-electron chi connectivity index (χ3n) is 3.11. The molecule has 3 aromatic rings. The van der Waals surface area contributed by atoms with Gasteiger partial charge in [0.2, 0.25) is 0 Å². The molecule has 0 N–H and O–H groups in total. The number of ether oxygens (including phenoxy) is 1. The normalized spacial score (nSPS) is 10.6. The molecular weight excluding hydrogens is 397 g/mol. The second-order valence-electron chi connectivity index (χ2n) is 4.82. The number of rotatable bonds is 4. The number of aromatic nitrogens is 3. The predicted molar refractivity (Wildman–Crippen MR) is 91.1 cm³/mol. The molecule has 0 bridgehead atoms. The van der Waals surface area contributed by atoms with Gasteiger partial charge in [0.25, 0.3) is 0 Å². The Morgan fingerprint density at radius 3 is 2.79 bits per heavy atom. The van der Waals surface area contributed by atoms with Gasteiger partial charge >= 0.3 is 5.97 Å². The molecule has 3 rings (SSSR count). The summed E-state index contributed by atoms with van der Waals surface area (Å²) in [6.45, 7) is 1.56. The van der Waals surface area contributed by atoms with Crippen LogP contribution in [0.25, 0.3) is 10.8 Å². The smallest absolute Gasteiger partial charge is 0.350 e. The van der Waals surface area contributed by atoms with Crippen LogP contribution in [0.2, 0.25) is 0 Å². The van der Waals surface area contributed by atoms with Crippen molar-refractivity contribution in [2.45, 2.75) is 13.5 Å². The van der Waals surface area contributed by atoms with E-state index in [1.807, 2.05) is 0 Å². The highest BCUT2D eigenvalue weighted by Crippen LogP contribution is 2.26. The maximum Gasteiger partial charge on any atom is 0.350 e. The molecule has 0 spiro atoms. The molecule has 0 fully saturated rings. The lowest BCUT2D eigenvalue weighted by Gasteiger charge is -2.05. The summed E-state index contributed by atoms with van der Waals surface area (Å²) in [4.78, 5) is 25.1. The van der Waals surface area contributed by atoms with Gasteiger partial charge in [0.05, 0.1) is 5.69 Å². The van der Waals surface area contributed by atoms with Crippen LogP contribution in [0, 0.1) is 12.7 Å². The van der Waals surface area contributed by atoms with Crippen molar-refractivity contribution in [2.24, 2.45) is 0 Å². The number of carbonyl (C=O) groups is 1. The van der Waals surface area contributed by atoms with E-state index in [4.69, 9.17) is 4.74 Å². The zero-order valence-corrected chi connectivity index (χ0v) is 14.9. The van der Waals surface area contributed by atoms with E-state index in [0.29, 0.717) is 31.4 Å². The molecule has 0 aliphatic rings. The predicted octanol–water partition coefficient (Wildman–Crippen LogP) is 4.17. The standard InChI is InChI=1S/C16H11BrFN3O2S/c1-9-13(24-15(21-9)14-19-5-2-6-20-14)16(22)23-8-10-3-4-11(17)7-12(10)18/h2-7H,8H2,1H3. The largest absolute Gasteiger partial charge is 0.456 e. The molecule has 122 valence electrons. The number of thiazole rings is 1. The fourth-order valence-electron chi connectivity index (χ4n) is 1.94. The lowest BCUT2D eigenvalue weighted by Crippen LogP contribution is -2.06. The Kier molecular flexibility index (Phi) is 4.96. The number of halogens is 2. The third-order valence-corrected chi connectivity index (χ3v) is 4.74. The van der Waals surface area contributed by atoms with Crippen LogP contribution in [-0.2, 0) is 11.3 Å². The van der Waals surface area contributed by atoms with Crippen molar-refractivity contribution in [3.8, 4) is 10.8 Å². The number of benzene rings is 1. The van der Waals surface area contributed by atoms with E-state index in [9.17, 15) is 9.18 Å². The fourth-order valence-corrected chi connectivity index (χ4v) is 3.18. The summed E-state index contributed by atoms with van der Waals surface area (Å²) in [6, 6.07) is 6.28. The first-order valence-electron chi connectivity index (χ1n) is 6.90. The average Bonchev–Trinajstić information content (AvgIpc) is 2.96. The van der Waals surface area contributed by atoms with E-state index >= 15 is 0 Å². The van der Waals surface area contributed by atoms with Gasteiger partial charge < -0.3 is 4.74 Å². The number of hydrogen-bond acceptors (Lipinski definition) is 6.